The molecule has 0 radical (unpaired) electrons. The highest BCUT2D eigenvalue weighted by Crippen LogP contribution is 2.16. The molecule has 0 aliphatic heterocycles. The second kappa shape index (κ2) is 10.3. The Labute approximate surface area is 171 Å². The number of amides is 3. The SMILES string of the molecule is CCN(CC(=O)Nc1cccc(OC)c1)C(=O)[C@H](C)NC(=O)c1cccc(C)c1. The van der Waals surface area contributed by atoms with Crippen molar-refractivity contribution in [3.63, 3.8) is 0 Å². The maximum atomic E-state index is 12.7. The lowest BCUT2D eigenvalue weighted by Gasteiger charge is -2.24. The van der Waals surface area contributed by atoms with Gasteiger partial charge in [-0.2, -0.15) is 0 Å². The molecule has 2 rings (SSSR count). The summed E-state index contributed by atoms with van der Waals surface area (Å²) in [5.74, 6) is -0.356. The van der Waals surface area contributed by atoms with E-state index in [0.29, 0.717) is 23.5 Å². The molecule has 29 heavy (non-hydrogen) atoms. The number of carbonyl (C=O) groups excluding carboxylic acids is 3. The van der Waals surface area contributed by atoms with E-state index in [2.05, 4.69) is 10.6 Å². The van der Waals surface area contributed by atoms with Crippen LogP contribution in [0.3, 0.4) is 0 Å². The number of benzene rings is 2. The molecule has 2 aromatic rings. The fourth-order valence-corrected chi connectivity index (χ4v) is 2.82. The van der Waals surface area contributed by atoms with E-state index in [-0.39, 0.29) is 24.3 Å². The van der Waals surface area contributed by atoms with E-state index in [4.69, 9.17) is 4.74 Å². The molecule has 0 spiro atoms. The summed E-state index contributed by atoms with van der Waals surface area (Å²) in [4.78, 5) is 38.8. The van der Waals surface area contributed by atoms with E-state index in [0.717, 1.165) is 5.56 Å². The molecule has 0 unspecified atom stereocenters. The first-order valence-corrected chi connectivity index (χ1v) is 9.44. The van der Waals surface area contributed by atoms with Gasteiger partial charge in [-0.05, 0) is 45.0 Å². The molecule has 0 bridgehead atoms. The molecule has 0 saturated heterocycles. The van der Waals surface area contributed by atoms with Crippen LogP contribution in [-0.2, 0) is 9.59 Å². The topological polar surface area (TPSA) is 87.7 Å². The number of hydrogen-bond acceptors (Lipinski definition) is 4. The predicted molar refractivity (Wildman–Crippen MR) is 112 cm³/mol. The Hall–Kier alpha value is -3.35. The highest BCUT2D eigenvalue weighted by Gasteiger charge is 2.23. The number of methoxy groups -OCH3 is 1. The van der Waals surface area contributed by atoms with Crippen LogP contribution in [0.25, 0.3) is 0 Å². The average Bonchev–Trinajstić information content (AvgIpc) is 2.71. The molecule has 0 aromatic heterocycles. The van der Waals surface area contributed by atoms with E-state index in [1.807, 2.05) is 13.0 Å². The van der Waals surface area contributed by atoms with Gasteiger partial charge in [-0.1, -0.05) is 23.8 Å². The lowest BCUT2D eigenvalue weighted by atomic mass is 10.1. The van der Waals surface area contributed by atoms with Crippen LogP contribution >= 0.6 is 0 Å². The third kappa shape index (κ3) is 6.34. The molecule has 3 amide bonds. The maximum Gasteiger partial charge on any atom is 0.251 e. The van der Waals surface area contributed by atoms with Gasteiger partial charge in [0, 0.05) is 23.9 Å². The second-order valence-electron chi connectivity index (χ2n) is 6.70. The number of likely N-dealkylation sites (N-methyl/N-ethyl adjacent to an activating group) is 1. The van der Waals surface area contributed by atoms with Gasteiger partial charge >= 0.3 is 0 Å². The van der Waals surface area contributed by atoms with Gasteiger partial charge in [0.15, 0.2) is 0 Å². The summed E-state index contributed by atoms with van der Waals surface area (Å²) in [6.45, 7) is 5.52. The number of aryl methyl sites for hydroxylation is 1. The summed E-state index contributed by atoms with van der Waals surface area (Å²) >= 11 is 0. The van der Waals surface area contributed by atoms with Crippen LogP contribution in [0, 0.1) is 6.92 Å². The molecule has 0 aliphatic carbocycles. The van der Waals surface area contributed by atoms with E-state index in [9.17, 15) is 14.4 Å². The number of nitrogens with one attached hydrogen (secondary N) is 2. The molecule has 0 saturated carbocycles. The Morgan fingerprint density at radius 2 is 1.83 bits per heavy atom. The first-order valence-electron chi connectivity index (χ1n) is 9.44. The summed E-state index contributed by atoms with van der Waals surface area (Å²) in [7, 11) is 1.55. The zero-order valence-electron chi connectivity index (χ0n) is 17.2. The van der Waals surface area contributed by atoms with Crippen molar-refractivity contribution < 1.29 is 19.1 Å². The van der Waals surface area contributed by atoms with Crippen molar-refractivity contribution in [2.45, 2.75) is 26.8 Å². The fraction of sp³-hybridized carbons (Fsp3) is 0.318. The molecule has 1 atom stereocenters. The molecule has 7 nitrogen and oxygen atoms in total. The second-order valence-corrected chi connectivity index (χ2v) is 6.70. The molecule has 2 N–H and O–H groups in total. The third-order valence-electron chi connectivity index (χ3n) is 4.38. The van der Waals surface area contributed by atoms with E-state index >= 15 is 0 Å². The molecule has 154 valence electrons. The van der Waals surface area contributed by atoms with Crippen LogP contribution < -0.4 is 15.4 Å². The van der Waals surface area contributed by atoms with Crippen molar-refractivity contribution in [2.24, 2.45) is 0 Å². The first-order chi connectivity index (χ1) is 13.8. The van der Waals surface area contributed by atoms with Crippen LogP contribution in [-0.4, -0.2) is 48.9 Å². The molecule has 0 heterocycles. The summed E-state index contributed by atoms with van der Waals surface area (Å²) < 4.78 is 5.13. The Morgan fingerprint density at radius 3 is 2.48 bits per heavy atom. The zero-order valence-corrected chi connectivity index (χ0v) is 17.2. The summed E-state index contributed by atoms with van der Waals surface area (Å²) in [6.07, 6.45) is 0. The summed E-state index contributed by atoms with van der Waals surface area (Å²) in [5, 5.41) is 5.45. The number of rotatable bonds is 8. The largest absolute Gasteiger partial charge is 0.497 e. The van der Waals surface area contributed by atoms with Gasteiger partial charge in [0.1, 0.15) is 11.8 Å². The summed E-state index contributed by atoms with van der Waals surface area (Å²) in [6, 6.07) is 13.3. The van der Waals surface area contributed by atoms with Gasteiger partial charge in [-0.25, -0.2) is 0 Å². The quantitative estimate of drug-likeness (QED) is 0.717. The molecule has 7 heteroatoms. The molecule has 0 aliphatic rings. The molecular formula is C22H27N3O4. The zero-order chi connectivity index (χ0) is 21.4. The normalized spacial score (nSPS) is 11.3. The number of carbonyl (C=O) groups is 3. The number of hydrogen-bond donors (Lipinski definition) is 2. The Morgan fingerprint density at radius 1 is 1.10 bits per heavy atom. The Balaban J connectivity index is 1.95. The number of nitrogens with zero attached hydrogens (tertiary/aromatic N) is 1. The maximum absolute atomic E-state index is 12.7. The van der Waals surface area contributed by atoms with Gasteiger partial charge in [0.25, 0.3) is 5.91 Å². The third-order valence-corrected chi connectivity index (χ3v) is 4.38. The van der Waals surface area contributed by atoms with E-state index in [1.54, 1.807) is 63.4 Å². The Kier molecular flexibility index (Phi) is 7.77. The van der Waals surface area contributed by atoms with Gasteiger partial charge in [-0.3, -0.25) is 14.4 Å². The van der Waals surface area contributed by atoms with Crippen LogP contribution in [0.4, 0.5) is 5.69 Å². The number of anilines is 1. The molecule has 2 aromatic carbocycles. The molecule has 0 fully saturated rings. The minimum atomic E-state index is -0.757. The van der Waals surface area contributed by atoms with Crippen molar-refractivity contribution in [1.29, 1.82) is 0 Å². The lowest BCUT2D eigenvalue weighted by molar-refractivity contribution is -0.135. The van der Waals surface area contributed by atoms with Crippen molar-refractivity contribution in [2.75, 3.05) is 25.5 Å². The lowest BCUT2D eigenvalue weighted by Crippen LogP contribution is -2.49. The van der Waals surface area contributed by atoms with Crippen LogP contribution in [0.1, 0.15) is 29.8 Å². The predicted octanol–water partition coefficient (Wildman–Crippen LogP) is 2.61. The highest BCUT2D eigenvalue weighted by molar-refractivity contribution is 5.99. The van der Waals surface area contributed by atoms with E-state index < -0.39 is 6.04 Å². The highest BCUT2D eigenvalue weighted by atomic mass is 16.5. The van der Waals surface area contributed by atoms with Crippen molar-refractivity contribution in [1.82, 2.24) is 10.2 Å². The van der Waals surface area contributed by atoms with Crippen LogP contribution in [0.2, 0.25) is 0 Å². The first kappa shape index (κ1) is 21.9. The van der Waals surface area contributed by atoms with Crippen LogP contribution in [0.15, 0.2) is 48.5 Å². The smallest absolute Gasteiger partial charge is 0.251 e. The monoisotopic (exact) mass is 397 g/mol. The van der Waals surface area contributed by atoms with E-state index in [1.165, 1.54) is 4.90 Å². The fourth-order valence-electron chi connectivity index (χ4n) is 2.82. The molecular weight excluding hydrogens is 370 g/mol. The average molecular weight is 397 g/mol. The van der Waals surface area contributed by atoms with Gasteiger partial charge < -0.3 is 20.3 Å². The number of ether oxygens (including phenoxy) is 1. The van der Waals surface area contributed by atoms with Crippen LogP contribution in [0.5, 0.6) is 5.75 Å². The van der Waals surface area contributed by atoms with Gasteiger partial charge in [0.2, 0.25) is 11.8 Å². The minimum Gasteiger partial charge on any atom is -0.497 e. The van der Waals surface area contributed by atoms with Crippen molar-refractivity contribution in [3.8, 4) is 5.75 Å². The standard InChI is InChI=1S/C22H27N3O4/c1-5-25(14-20(26)24-18-10-7-11-19(13-18)29-4)22(28)16(3)23-21(27)17-9-6-8-15(2)12-17/h6-13,16H,5,14H2,1-4H3,(H,23,27)(H,24,26)/t16-/m0/s1. The van der Waals surface area contributed by atoms with Crippen molar-refractivity contribution in [3.05, 3.63) is 59.7 Å². The summed E-state index contributed by atoms with van der Waals surface area (Å²) in [5.41, 5.74) is 2.03. The Bertz CT molecular complexity index is 882. The minimum absolute atomic E-state index is 0.114. The van der Waals surface area contributed by atoms with Crippen molar-refractivity contribution >= 4 is 23.4 Å². The van der Waals surface area contributed by atoms with Gasteiger partial charge in [-0.15, -0.1) is 0 Å². The van der Waals surface area contributed by atoms with Gasteiger partial charge in [0.05, 0.1) is 13.7 Å².